The molecule has 0 spiro atoms. The van der Waals surface area contributed by atoms with Crippen LogP contribution < -0.4 is 0 Å². The number of rotatable bonds is 9. The molecule has 0 amide bonds. The Kier molecular flexibility index (Phi) is 8.08. The van der Waals surface area contributed by atoms with E-state index in [-0.39, 0.29) is 0 Å². The van der Waals surface area contributed by atoms with E-state index in [0.29, 0.717) is 39.1 Å². The third-order valence-corrected chi connectivity index (χ3v) is 2.29. The normalized spacial score (nSPS) is 12.0. The largest absolute Gasteiger partial charge is 0.385 e. The molecular formula is C10H21O4. The molecule has 14 heavy (non-hydrogen) atoms. The summed E-state index contributed by atoms with van der Waals surface area (Å²) in [6.07, 6.45) is 1.53. The van der Waals surface area contributed by atoms with Gasteiger partial charge in [-0.1, -0.05) is 0 Å². The minimum absolute atomic E-state index is 0.497. The van der Waals surface area contributed by atoms with E-state index in [2.05, 4.69) is 0 Å². The lowest BCUT2D eigenvalue weighted by molar-refractivity contribution is -0.0845. The minimum atomic E-state index is -0.970. The number of ether oxygens (including phenoxy) is 3. The fourth-order valence-corrected chi connectivity index (χ4v) is 1.24. The molecule has 0 bridgehead atoms. The molecule has 0 saturated heterocycles. The first-order chi connectivity index (χ1) is 6.68. The molecule has 85 valence electrons. The Morgan fingerprint density at radius 3 is 1.29 bits per heavy atom. The fourth-order valence-electron chi connectivity index (χ4n) is 1.24. The second-order valence-corrected chi connectivity index (χ2v) is 3.41. The SMILES string of the molecule is COCCC([O])(CCOC)CCOC. The van der Waals surface area contributed by atoms with Crippen molar-refractivity contribution in [2.45, 2.75) is 24.9 Å². The van der Waals surface area contributed by atoms with Crippen LogP contribution in [0.3, 0.4) is 0 Å². The van der Waals surface area contributed by atoms with Gasteiger partial charge in [0.05, 0.1) is 0 Å². The van der Waals surface area contributed by atoms with E-state index in [1.807, 2.05) is 0 Å². The van der Waals surface area contributed by atoms with Gasteiger partial charge in [0.15, 0.2) is 0 Å². The van der Waals surface area contributed by atoms with Crippen LogP contribution in [0, 0.1) is 0 Å². The van der Waals surface area contributed by atoms with Crippen molar-refractivity contribution in [1.82, 2.24) is 0 Å². The molecule has 0 saturated carbocycles. The molecule has 1 radical (unpaired) electrons. The second kappa shape index (κ2) is 8.17. The Labute approximate surface area is 86.2 Å². The summed E-state index contributed by atoms with van der Waals surface area (Å²) in [6.45, 7) is 1.49. The van der Waals surface area contributed by atoms with Gasteiger partial charge in [-0.3, -0.25) is 0 Å². The number of hydrogen-bond acceptors (Lipinski definition) is 3. The third-order valence-electron chi connectivity index (χ3n) is 2.29. The van der Waals surface area contributed by atoms with Crippen molar-refractivity contribution in [2.24, 2.45) is 0 Å². The molecule has 0 heterocycles. The molecule has 0 aliphatic heterocycles. The maximum atomic E-state index is 12.1. The number of hydrogen-bond donors (Lipinski definition) is 0. The van der Waals surface area contributed by atoms with Crippen LogP contribution in [0.1, 0.15) is 19.3 Å². The lowest BCUT2D eigenvalue weighted by Crippen LogP contribution is -2.31. The van der Waals surface area contributed by atoms with Gasteiger partial charge in [-0.2, -0.15) is 0 Å². The third kappa shape index (κ3) is 6.32. The molecule has 0 fully saturated rings. The van der Waals surface area contributed by atoms with Crippen LogP contribution in [-0.2, 0) is 19.3 Å². The van der Waals surface area contributed by atoms with Gasteiger partial charge in [-0.25, -0.2) is 5.11 Å². The maximum Gasteiger partial charge on any atom is 0.110 e. The topological polar surface area (TPSA) is 47.6 Å². The number of methoxy groups -OCH3 is 3. The predicted octanol–water partition coefficient (Wildman–Crippen LogP) is 1.27. The summed E-state index contributed by atoms with van der Waals surface area (Å²) < 4.78 is 14.7. The fraction of sp³-hybridized carbons (Fsp3) is 1.00. The first kappa shape index (κ1) is 13.8. The molecule has 0 aliphatic carbocycles. The second-order valence-electron chi connectivity index (χ2n) is 3.41. The summed E-state index contributed by atoms with van der Waals surface area (Å²) in [7, 11) is 4.81. The zero-order valence-electron chi connectivity index (χ0n) is 9.38. The van der Waals surface area contributed by atoms with E-state index in [9.17, 15) is 5.11 Å². The van der Waals surface area contributed by atoms with Gasteiger partial charge in [-0.15, -0.1) is 0 Å². The van der Waals surface area contributed by atoms with Gasteiger partial charge in [0.25, 0.3) is 0 Å². The van der Waals surface area contributed by atoms with E-state index >= 15 is 0 Å². The van der Waals surface area contributed by atoms with E-state index < -0.39 is 5.60 Å². The average molecular weight is 205 g/mol. The van der Waals surface area contributed by atoms with Crippen LogP contribution in [0.5, 0.6) is 0 Å². The Bertz CT molecular complexity index is 106. The molecule has 0 aromatic carbocycles. The van der Waals surface area contributed by atoms with Gasteiger partial charge in [-0.05, 0) is 0 Å². The lowest BCUT2D eigenvalue weighted by atomic mass is 9.93. The summed E-state index contributed by atoms with van der Waals surface area (Å²) in [5.74, 6) is 0. The summed E-state index contributed by atoms with van der Waals surface area (Å²) in [5.41, 5.74) is -0.970. The summed E-state index contributed by atoms with van der Waals surface area (Å²) >= 11 is 0. The lowest BCUT2D eigenvalue weighted by Gasteiger charge is -2.24. The van der Waals surface area contributed by atoms with Crippen molar-refractivity contribution in [2.75, 3.05) is 41.2 Å². The predicted molar refractivity (Wildman–Crippen MR) is 52.9 cm³/mol. The highest BCUT2D eigenvalue weighted by Gasteiger charge is 2.28. The van der Waals surface area contributed by atoms with Crippen LogP contribution in [-0.4, -0.2) is 46.8 Å². The monoisotopic (exact) mass is 205 g/mol. The molecule has 0 aliphatic rings. The highest BCUT2D eigenvalue weighted by molar-refractivity contribution is 4.77. The van der Waals surface area contributed by atoms with Crippen molar-refractivity contribution in [3.05, 3.63) is 0 Å². The smallest absolute Gasteiger partial charge is 0.110 e. The Morgan fingerprint density at radius 1 is 0.786 bits per heavy atom. The van der Waals surface area contributed by atoms with E-state index in [4.69, 9.17) is 14.2 Å². The van der Waals surface area contributed by atoms with Gasteiger partial charge < -0.3 is 14.2 Å². The molecule has 0 atom stereocenters. The Morgan fingerprint density at radius 2 is 1.07 bits per heavy atom. The Balaban J connectivity index is 3.89. The van der Waals surface area contributed by atoms with Gasteiger partial charge in [0.1, 0.15) is 5.60 Å². The van der Waals surface area contributed by atoms with E-state index in [1.54, 1.807) is 21.3 Å². The first-order valence-corrected chi connectivity index (χ1v) is 4.86. The van der Waals surface area contributed by atoms with Gasteiger partial charge >= 0.3 is 0 Å². The van der Waals surface area contributed by atoms with Crippen LogP contribution in [0.25, 0.3) is 0 Å². The van der Waals surface area contributed by atoms with Crippen molar-refractivity contribution >= 4 is 0 Å². The molecular weight excluding hydrogens is 184 g/mol. The molecule has 4 heteroatoms. The summed E-state index contributed by atoms with van der Waals surface area (Å²) in [4.78, 5) is 0. The molecule has 0 aromatic heterocycles. The first-order valence-electron chi connectivity index (χ1n) is 4.86. The highest BCUT2D eigenvalue weighted by atomic mass is 16.5. The van der Waals surface area contributed by atoms with Gasteiger partial charge in [0, 0.05) is 60.4 Å². The zero-order chi connectivity index (χ0) is 10.9. The van der Waals surface area contributed by atoms with E-state index in [1.165, 1.54) is 0 Å². The minimum Gasteiger partial charge on any atom is -0.385 e. The van der Waals surface area contributed by atoms with Crippen molar-refractivity contribution in [3.8, 4) is 0 Å². The average Bonchev–Trinajstić information content (AvgIpc) is 2.21. The quantitative estimate of drug-likeness (QED) is 0.569. The summed E-state index contributed by atoms with van der Waals surface area (Å²) in [5, 5.41) is 12.1. The highest BCUT2D eigenvalue weighted by Crippen LogP contribution is 2.21. The molecule has 0 unspecified atom stereocenters. The molecule has 0 aromatic rings. The van der Waals surface area contributed by atoms with Crippen LogP contribution in [0.15, 0.2) is 0 Å². The van der Waals surface area contributed by atoms with E-state index in [0.717, 1.165) is 0 Å². The Hall–Kier alpha value is -0.160. The van der Waals surface area contributed by atoms with Crippen LogP contribution in [0.2, 0.25) is 0 Å². The summed E-state index contributed by atoms with van der Waals surface area (Å²) in [6, 6.07) is 0. The van der Waals surface area contributed by atoms with Crippen molar-refractivity contribution < 1.29 is 19.3 Å². The zero-order valence-corrected chi connectivity index (χ0v) is 9.38. The standard InChI is InChI=1S/C10H21O4/c1-12-7-4-10(11,5-8-13-2)6-9-14-3/h4-9H2,1-3H3. The van der Waals surface area contributed by atoms with Crippen molar-refractivity contribution in [3.63, 3.8) is 0 Å². The maximum absolute atomic E-state index is 12.1. The molecule has 4 nitrogen and oxygen atoms in total. The van der Waals surface area contributed by atoms with Gasteiger partial charge in [0.2, 0.25) is 0 Å². The van der Waals surface area contributed by atoms with Crippen LogP contribution >= 0.6 is 0 Å². The van der Waals surface area contributed by atoms with Crippen LogP contribution in [0.4, 0.5) is 0 Å². The van der Waals surface area contributed by atoms with Crippen molar-refractivity contribution in [1.29, 1.82) is 0 Å². The molecule has 0 N–H and O–H groups in total. The molecule has 0 rings (SSSR count).